The van der Waals surface area contributed by atoms with Crippen LogP contribution in [0, 0.1) is 0 Å². The Morgan fingerprint density at radius 2 is 1.88 bits per heavy atom. The third-order valence-electron chi connectivity index (χ3n) is 4.14. The molecule has 0 unspecified atom stereocenters. The van der Waals surface area contributed by atoms with Crippen LogP contribution in [0.4, 0.5) is 9.57 Å². The molecule has 0 saturated carbocycles. The van der Waals surface area contributed by atoms with Crippen molar-refractivity contribution in [3.05, 3.63) is 60.2 Å². The predicted octanol–water partition coefficient (Wildman–Crippen LogP) is 4.31. The molecule has 0 aromatic heterocycles. The van der Waals surface area contributed by atoms with Crippen LogP contribution >= 0.6 is 12.4 Å². The number of carbonyl (C=O) groups excluding carboxylic acids is 1. The van der Waals surface area contributed by atoms with Gasteiger partial charge in [0.2, 0.25) is 0 Å². The van der Waals surface area contributed by atoms with E-state index in [-0.39, 0.29) is 18.3 Å². The smallest absolute Gasteiger partial charge is 0.272 e. The number of halogens is 1. The first-order chi connectivity index (χ1) is 11.8. The quantitative estimate of drug-likeness (QED) is 0.819. The minimum atomic E-state index is -0.221. The van der Waals surface area contributed by atoms with E-state index < -0.39 is 0 Å². The summed E-state index contributed by atoms with van der Waals surface area (Å²) < 4.78 is 16.9. The van der Waals surface area contributed by atoms with Gasteiger partial charge in [-0.15, -0.1) is 3.89 Å². The number of nitrogens with zero attached hydrogens (tertiary/aromatic N) is 1. The van der Waals surface area contributed by atoms with Crippen LogP contribution in [-0.4, -0.2) is 29.9 Å². The van der Waals surface area contributed by atoms with E-state index in [0.717, 1.165) is 18.5 Å². The highest BCUT2D eigenvalue weighted by Gasteiger charge is 2.23. The largest absolute Gasteiger partial charge is 0.397 e. The number of piperidine rings is 1. The molecule has 1 amide bonds. The summed E-state index contributed by atoms with van der Waals surface area (Å²) in [5.41, 5.74) is 1.63. The second-order valence-corrected chi connectivity index (χ2v) is 6.04. The molecule has 2 aromatic rings. The maximum absolute atomic E-state index is 12.6. The van der Waals surface area contributed by atoms with E-state index in [1.54, 1.807) is 24.3 Å². The van der Waals surface area contributed by atoms with Crippen molar-refractivity contribution in [3.8, 4) is 5.75 Å². The van der Waals surface area contributed by atoms with Crippen LogP contribution in [0.25, 0.3) is 0 Å². The summed E-state index contributed by atoms with van der Waals surface area (Å²) >= 11 is -0.221. The predicted molar refractivity (Wildman–Crippen MR) is 94.8 cm³/mol. The minimum Gasteiger partial charge on any atom is -0.397 e. The molecule has 1 N–H and O–H groups in total. The highest BCUT2D eigenvalue weighted by Crippen LogP contribution is 2.22. The highest BCUT2D eigenvalue weighted by molar-refractivity contribution is 7.89. The van der Waals surface area contributed by atoms with E-state index in [2.05, 4.69) is 5.32 Å². The molecule has 126 valence electrons. The van der Waals surface area contributed by atoms with Crippen molar-refractivity contribution in [1.29, 1.82) is 0 Å². The number of rotatable bonds is 5. The molecule has 1 fully saturated rings. The zero-order chi connectivity index (χ0) is 16.8. The highest BCUT2D eigenvalue weighted by atomic mass is 32.2. The molecule has 1 aliphatic rings. The first-order valence-corrected chi connectivity index (χ1v) is 8.56. The molecular formula is C18H19FN2O2S. The number of anilines is 1. The Morgan fingerprint density at radius 1 is 1.12 bits per heavy atom. The fourth-order valence-corrected chi connectivity index (χ4v) is 3.07. The minimum absolute atomic E-state index is 0.0394. The molecule has 0 aliphatic carbocycles. The molecule has 0 atom stereocenters. The lowest BCUT2D eigenvalue weighted by Gasteiger charge is -2.33. The van der Waals surface area contributed by atoms with Crippen LogP contribution in [0.1, 0.15) is 23.2 Å². The van der Waals surface area contributed by atoms with Crippen molar-refractivity contribution in [2.45, 2.75) is 18.9 Å². The number of amides is 1. The molecule has 6 heteroatoms. The Morgan fingerprint density at radius 3 is 2.58 bits per heavy atom. The molecule has 3 rings (SSSR count). The number of hydrogen-bond donors (Lipinski definition) is 1. The second kappa shape index (κ2) is 8.06. The van der Waals surface area contributed by atoms with E-state index >= 15 is 0 Å². The van der Waals surface area contributed by atoms with E-state index in [0.29, 0.717) is 30.4 Å². The summed E-state index contributed by atoms with van der Waals surface area (Å²) in [7, 11) is 0. The van der Waals surface area contributed by atoms with Gasteiger partial charge in [0.05, 0.1) is 0 Å². The third-order valence-corrected chi connectivity index (χ3v) is 4.39. The number of likely N-dealkylation sites (tertiary alicyclic amines) is 1. The van der Waals surface area contributed by atoms with Crippen LogP contribution in [-0.2, 0) is 0 Å². The number of benzene rings is 2. The van der Waals surface area contributed by atoms with E-state index in [4.69, 9.17) is 4.18 Å². The summed E-state index contributed by atoms with van der Waals surface area (Å²) in [6.07, 6.45) is 1.80. The van der Waals surface area contributed by atoms with Crippen LogP contribution in [0.3, 0.4) is 0 Å². The van der Waals surface area contributed by atoms with Crippen LogP contribution in [0.2, 0.25) is 0 Å². The maximum atomic E-state index is 12.6. The second-order valence-electron chi connectivity index (χ2n) is 5.75. The van der Waals surface area contributed by atoms with Gasteiger partial charge in [-0.1, -0.05) is 24.3 Å². The summed E-state index contributed by atoms with van der Waals surface area (Å²) in [6.45, 7) is 1.40. The topological polar surface area (TPSA) is 41.6 Å². The van der Waals surface area contributed by atoms with Gasteiger partial charge < -0.3 is 14.4 Å². The van der Waals surface area contributed by atoms with Gasteiger partial charge >= 0.3 is 0 Å². The van der Waals surface area contributed by atoms with Crippen LogP contribution in [0.5, 0.6) is 5.75 Å². The van der Waals surface area contributed by atoms with E-state index in [9.17, 15) is 8.68 Å². The fourth-order valence-electron chi connectivity index (χ4n) is 2.90. The van der Waals surface area contributed by atoms with Crippen molar-refractivity contribution < 1.29 is 12.9 Å². The SMILES string of the molecule is O=C(c1cccc(OSF)c1)N1CCC(Nc2ccccc2)CC1. The Labute approximate surface area is 145 Å². The third kappa shape index (κ3) is 4.20. The van der Waals surface area contributed by atoms with Crippen molar-refractivity contribution >= 4 is 24.0 Å². The Kier molecular flexibility index (Phi) is 5.59. The molecule has 24 heavy (non-hydrogen) atoms. The van der Waals surface area contributed by atoms with Crippen LogP contribution in [0.15, 0.2) is 54.6 Å². The average Bonchev–Trinajstić information content (AvgIpc) is 2.63. The van der Waals surface area contributed by atoms with Gasteiger partial charge in [0.15, 0.2) is 0 Å². The van der Waals surface area contributed by atoms with Crippen molar-refractivity contribution in [3.63, 3.8) is 0 Å². The zero-order valence-corrected chi connectivity index (χ0v) is 14.0. The Hall–Kier alpha value is -2.21. The van der Waals surface area contributed by atoms with E-state index in [1.165, 1.54) is 0 Å². The Bertz CT molecular complexity index is 676. The van der Waals surface area contributed by atoms with Gasteiger partial charge in [-0.25, -0.2) is 0 Å². The fraction of sp³-hybridized carbons (Fsp3) is 0.278. The summed E-state index contributed by atoms with van der Waals surface area (Å²) in [5.74, 6) is 0.302. The van der Waals surface area contributed by atoms with Gasteiger partial charge in [0, 0.05) is 30.4 Å². The molecule has 4 nitrogen and oxygen atoms in total. The zero-order valence-electron chi connectivity index (χ0n) is 13.2. The number of hydrogen-bond acceptors (Lipinski definition) is 4. The van der Waals surface area contributed by atoms with Crippen molar-refractivity contribution in [1.82, 2.24) is 4.90 Å². The number of carbonyl (C=O) groups is 1. The molecule has 0 bridgehead atoms. The monoisotopic (exact) mass is 346 g/mol. The number of nitrogens with one attached hydrogen (secondary N) is 1. The van der Waals surface area contributed by atoms with Crippen molar-refractivity contribution in [2.75, 3.05) is 18.4 Å². The van der Waals surface area contributed by atoms with E-state index in [1.807, 2.05) is 35.2 Å². The molecule has 0 radical (unpaired) electrons. The molecule has 1 heterocycles. The first kappa shape index (κ1) is 16.6. The normalized spacial score (nSPS) is 15.1. The Balaban J connectivity index is 1.56. The molecule has 0 spiro atoms. The summed E-state index contributed by atoms with van der Waals surface area (Å²) in [4.78, 5) is 14.4. The molecule has 2 aromatic carbocycles. The standard InChI is InChI=1S/C18H19FN2O2S/c19-24-23-17-8-4-5-14(13-17)18(22)21-11-9-16(10-12-21)20-15-6-2-1-3-7-15/h1-8,13,16,20H,9-12H2. The lowest BCUT2D eigenvalue weighted by atomic mass is 10.0. The van der Waals surface area contributed by atoms with Gasteiger partial charge in [-0.2, -0.15) is 0 Å². The lowest BCUT2D eigenvalue weighted by molar-refractivity contribution is 0.0718. The molecular weight excluding hydrogens is 327 g/mol. The molecule has 1 aliphatic heterocycles. The van der Waals surface area contributed by atoms with Gasteiger partial charge in [0.25, 0.3) is 18.3 Å². The van der Waals surface area contributed by atoms with Gasteiger partial charge in [-0.05, 0) is 43.2 Å². The average molecular weight is 346 g/mol. The lowest BCUT2D eigenvalue weighted by Crippen LogP contribution is -2.42. The van der Waals surface area contributed by atoms with Gasteiger partial charge in [0.1, 0.15) is 5.75 Å². The number of para-hydroxylation sites is 1. The summed E-state index contributed by atoms with van der Waals surface area (Å²) in [5, 5.41) is 3.50. The van der Waals surface area contributed by atoms with Crippen molar-refractivity contribution in [2.24, 2.45) is 0 Å². The van der Waals surface area contributed by atoms with Crippen LogP contribution < -0.4 is 9.50 Å². The maximum Gasteiger partial charge on any atom is 0.272 e. The summed E-state index contributed by atoms with van der Waals surface area (Å²) in [6, 6.07) is 17.1. The molecule has 1 saturated heterocycles. The van der Waals surface area contributed by atoms with Gasteiger partial charge in [-0.3, -0.25) is 4.79 Å². The first-order valence-electron chi connectivity index (χ1n) is 7.92.